The Kier molecular flexibility index (Phi) is 51.7. The number of benzene rings is 3. The number of nitrogens with one attached hydrogen (secondary N) is 21. The zero-order chi connectivity index (χ0) is 101. The molecule has 0 saturated heterocycles. The Morgan fingerprint density at radius 2 is 0.708 bits per heavy atom. The zero-order valence-corrected chi connectivity index (χ0v) is 80.7. The van der Waals surface area contributed by atoms with Crippen molar-refractivity contribution in [3.05, 3.63) is 102 Å². The molecular formula is C95H151N25O17. The maximum Gasteiger partial charge on any atom is 0.245 e. The number of aromatic hydroxyl groups is 1. The number of aromatic amines is 2. The number of amides is 15. The average Bonchev–Trinajstić information content (AvgIpc) is 1.68. The molecule has 5 rings (SSSR count). The van der Waals surface area contributed by atoms with Gasteiger partial charge in [0.15, 0.2) is 11.9 Å². The Morgan fingerprint density at radius 1 is 0.350 bits per heavy atom. The molecule has 758 valence electrons. The minimum absolute atomic E-state index is 0.00841. The number of guanidine groups is 2. The lowest BCUT2D eigenvalue weighted by Crippen LogP contribution is -2.61. The number of aliphatic hydroxyl groups is 1. The number of aromatic nitrogens is 2. The van der Waals surface area contributed by atoms with E-state index in [1.807, 2.05) is 48.5 Å². The first-order valence-electron chi connectivity index (χ1n) is 47.9. The van der Waals surface area contributed by atoms with E-state index >= 15 is 14.4 Å². The van der Waals surface area contributed by atoms with Crippen LogP contribution in [0.15, 0.2) is 85.2 Å². The van der Waals surface area contributed by atoms with Gasteiger partial charge in [0.25, 0.3) is 0 Å². The number of H-pyrrole nitrogens is 2. The number of unbranched alkanes of at least 4 members (excludes halogenated alkanes) is 15. The number of hydrogen-bond acceptors (Lipinski definition) is 21. The summed E-state index contributed by atoms with van der Waals surface area (Å²) in [7, 11) is 0. The van der Waals surface area contributed by atoms with E-state index in [1.165, 1.54) is 123 Å². The van der Waals surface area contributed by atoms with Crippen LogP contribution in [-0.2, 0) is 91.2 Å². The second-order valence-electron chi connectivity index (χ2n) is 35.6. The van der Waals surface area contributed by atoms with Gasteiger partial charge in [-0.2, -0.15) is 0 Å². The van der Waals surface area contributed by atoms with Crippen LogP contribution in [0.1, 0.15) is 220 Å². The molecule has 42 nitrogen and oxygen atoms in total. The van der Waals surface area contributed by atoms with E-state index in [0.29, 0.717) is 29.7 Å². The summed E-state index contributed by atoms with van der Waals surface area (Å²) in [5, 5.41) is 82.2. The fourth-order valence-corrected chi connectivity index (χ4v) is 15.2. The second kappa shape index (κ2) is 61.9. The normalized spacial score (nSPS) is 14.1. The molecular weight excluding hydrogens is 1760 g/mol. The molecule has 0 aliphatic carbocycles. The zero-order valence-electron chi connectivity index (χ0n) is 80.7. The maximum atomic E-state index is 15.4. The van der Waals surface area contributed by atoms with Crippen LogP contribution in [-0.4, -0.2) is 245 Å². The number of nitrogens with two attached hydrogens (primary N) is 4. The van der Waals surface area contributed by atoms with Gasteiger partial charge in [-0.25, -0.2) is 0 Å². The molecule has 0 radical (unpaired) electrons. The summed E-state index contributed by atoms with van der Waals surface area (Å²) >= 11 is 0. The van der Waals surface area contributed by atoms with Crippen molar-refractivity contribution in [2.75, 3.05) is 45.9 Å². The minimum Gasteiger partial charge on any atom is -0.508 e. The molecule has 2 aromatic heterocycles. The number of hydrogen-bond donors (Lipinski definition) is 27. The van der Waals surface area contributed by atoms with Crippen LogP contribution in [0.25, 0.3) is 21.8 Å². The monoisotopic (exact) mass is 1910 g/mol. The Morgan fingerprint density at radius 3 is 1.15 bits per heavy atom. The van der Waals surface area contributed by atoms with Crippen molar-refractivity contribution in [3.63, 3.8) is 0 Å². The Balaban J connectivity index is 1.29. The first-order chi connectivity index (χ1) is 65.3. The van der Waals surface area contributed by atoms with Crippen molar-refractivity contribution in [1.82, 2.24) is 100 Å². The molecule has 42 heteroatoms. The molecule has 5 aromatic rings. The second-order valence-corrected chi connectivity index (χ2v) is 35.6. The van der Waals surface area contributed by atoms with Crippen LogP contribution in [0.5, 0.6) is 5.75 Å². The highest BCUT2D eigenvalue weighted by Crippen LogP contribution is 2.24. The number of carbonyl (C=O) groups excluding carboxylic acids is 15. The summed E-state index contributed by atoms with van der Waals surface area (Å²) < 4.78 is 0. The van der Waals surface area contributed by atoms with Gasteiger partial charge in [-0.3, -0.25) is 82.7 Å². The minimum atomic E-state index is -1.68. The summed E-state index contributed by atoms with van der Waals surface area (Å²) in [4.78, 5) is 216. The number of carbonyl (C=O) groups is 15. The van der Waals surface area contributed by atoms with Gasteiger partial charge in [-0.15, -0.1) is 0 Å². The van der Waals surface area contributed by atoms with Gasteiger partial charge in [0.2, 0.25) is 88.6 Å². The molecule has 0 fully saturated rings. The molecule has 0 aliphatic heterocycles. The van der Waals surface area contributed by atoms with E-state index in [0.717, 1.165) is 47.5 Å². The van der Waals surface area contributed by atoms with E-state index in [-0.39, 0.29) is 89.7 Å². The van der Waals surface area contributed by atoms with Gasteiger partial charge < -0.3 is 134 Å². The molecule has 0 bridgehead atoms. The summed E-state index contributed by atoms with van der Waals surface area (Å²) in [5.74, 6) is -14.9. The van der Waals surface area contributed by atoms with E-state index in [2.05, 4.69) is 107 Å². The third-order valence-electron chi connectivity index (χ3n) is 23.3. The van der Waals surface area contributed by atoms with E-state index in [1.54, 1.807) is 40.1 Å². The average molecular weight is 1920 g/mol. The van der Waals surface area contributed by atoms with Gasteiger partial charge in [0.1, 0.15) is 84.3 Å². The molecule has 0 aliphatic rings. The number of phenolic OH excluding ortho intramolecular Hbond substituents is 1. The first-order valence-corrected chi connectivity index (χ1v) is 47.9. The molecule has 0 unspecified atom stereocenters. The fraction of sp³-hybridized carbons (Fsp3) is 0.589. The lowest BCUT2D eigenvalue weighted by atomic mass is 10.00. The quantitative estimate of drug-likeness (QED) is 0.0145. The lowest BCUT2D eigenvalue weighted by molar-refractivity contribution is -0.136. The molecule has 137 heavy (non-hydrogen) atoms. The number of fused-ring (bicyclic) bond motifs is 2. The highest BCUT2D eigenvalue weighted by atomic mass is 16.3. The van der Waals surface area contributed by atoms with Gasteiger partial charge in [-0.05, 0) is 145 Å². The number of aliphatic hydroxyl groups excluding tert-OH is 1. The smallest absolute Gasteiger partial charge is 0.245 e. The highest BCUT2D eigenvalue weighted by molar-refractivity contribution is 6.01. The number of primary amides is 1. The molecule has 2 heterocycles. The number of para-hydroxylation sites is 2. The van der Waals surface area contributed by atoms with Crippen molar-refractivity contribution in [1.29, 1.82) is 10.8 Å². The van der Waals surface area contributed by atoms with Crippen LogP contribution in [0.2, 0.25) is 0 Å². The Labute approximate surface area is 801 Å². The Hall–Kier alpha value is -13.0. The predicted molar refractivity (Wildman–Crippen MR) is 522 cm³/mol. The summed E-state index contributed by atoms with van der Waals surface area (Å²) in [6.45, 7) is 12.7. The van der Waals surface area contributed by atoms with Crippen molar-refractivity contribution < 1.29 is 82.1 Å². The predicted octanol–water partition coefficient (Wildman–Crippen LogP) is 0.787. The van der Waals surface area contributed by atoms with Crippen LogP contribution in [0.4, 0.5) is 0 Å². The topological polar surface area (TPSA) is 684 Å². The van der Waals surface area contributed by atoms with Crippen molar-refractivity contribution in [3.8, 4) is 5.75 Å². The van der Waals surface area contributed by atoms with Crippen LogP contribution in [0.3, 0.4) is 0 Å². The molecule has 0 spiro atoms. The number of rotatable bonds is 67. The van der Waals surface area contributed by atoms with Gasteiger partial charge in [0.05, 0.1) is 19.7 Å². The summed E-state index contributed by atoms with van der Waals surface area (Å²) in [5.41, 5.74) is 25.6. The number of phenols is 1. The molecule has 15 amide bonds. The van der Waals surface area contributed by atoms with Crippen molar-refractivity contribution in [2.24, 2.45) is 34.8 Å². The summed E-state index contributed by atoms with van der Waals surface area (Å²) in [6.07, 6.45) is 21.8. The molecule has 0 saturated carbocycles. The van der Waals surface area contributed by atoms with Crippen LogP contribution in [0, 0.1) is 22.7 Å². The summed E-state index contributed by atoms with van der Waals surface area (Å²) in [6, 6.07) is 2.58. The lowest BCUT2D eigenvalue weighted by Gasteiger charge is -2.28. The van der Waals surface area contributed by atoms with Gasteiger partial charge >= 0.3 is 0 Å². The molecule has 13 atom stereocenters. The van der Waals surface area contributed by atoms with Gasteiger partial charge in [-0.1, -0.05) is 173 Å². The van der Waals surface area contributed by atoms with E-state index in [4.69, 9.17) is 33.8 Å². The van der Waals surface area contributed by atoms with E-state index in [9.17, 15) is 67.7 Å². The Bertz CT molecular complexity index is 4740. The van der Waals surface area contributed by atoms with Crippen molar-refractivity contribution in [2.45, 2.75) is 301 Å². The molecule has 3 aromatic carbocycles. The van der Waals surface area contributed by atoms with Gasteiger partial charge in [0, 0.05) is 66.6 Å². The fourth-order valence-electron chi connectivity index (χ4n) is 15.2. The van der Waals surface area contributed by atoms with Crippen LogP contribution < -0.4 is 113 Å². The maximum absolute atomic E-state index is 15.4. The first kappa shape index (κ1) is 115. The van der Waals surface area contributed by atoms with Crippen molar-refractivity contribution >= 4 is 122 Å². The van der Waals surface area contributed by atoms with E-state index < -0.39 is 204 Å². The largest absolute Gasteiger partial charge is 0.508 e. The standard InChI is InChI=1S/C95H151N25O17/c1-10-11-12-13-14-15-16-17-18-19-20-21-22-23-30-45-102-53-77(123)113-74(49-63-51-105-68-35-26-24-33-66(63)68)89(133)117-75(50-64-52-106-69-36-27-25-34-67(64)69)90(134)116-73(48-62-40-42-65(122)43-41-62)88(132)115-70(37-28-29-44-96)85(129)107-54-78(124)112-71(38-31-46-103-94(98)99)86(130)109-59(7)82(126)114-72(39-32-47-104-95(100)101)87(131)110-60(8)83(127)120-80(57(4)5)93(137)118-76(55-121)91(135)111-61(9)84(128)119-79(56(2)3)92(136)108-58(6)81(97)125/h24-27,33-36,40-43,51-52,56-61,70-76,79-80,102,105-106,121-122H,10-23,28-32,37-39,44-50,53-55,96H2,1-9H3,(H2,97,125)(H,107,129)(H,108,136)(H,109,130)(H,110,131)(H,111,135)(H,112,124)(H,113,123)(H,114,126)(H,115,132)(H,116,134)(H,117,133)(H,118,137)(H,119,128)(H,120,127)(H4,98,99,103)(H4,100,101,104)/t58-,59-,60-,61-,70-,71-,72-,73-,74-,75-,76-,79-,80-/m0/s1. The third-order valence-corrected chi connectivity index (χ3v) is 23.3. The van der Waals surface area contributed by atoms with Crippen LogP contribution >= 0.6 is 0 Å². The third kappa shape index (κ3) is 42.4. The highest BCUT2D eigenvalue weighted by Gasteiger charge is 2.38. The molecule has 31 N–H and O–H groups in total. The SMILES string of the molecule is CCCCCCCCCCCCCCCCCNCC(=O)N[C@@H](Cc1c[nH]c2ccccc12)C(=O)N[C@@H](Cc1c[nH]c2ccccc12)C(=O)N[C@@H](Cc1ccc(O)cc1)C(=O)N[C@@H](CCCCN)C(=O)NCC(=O)N[C@@H](CCCNC(=N)N)C(=O)N[C@@H](C)C(=O)N[C@@H](CCCNC(=N)N)C(=O)N[C@@H](C)C(=O)N[C@H](C(=O)N[C@@H](CO)C(=O)N[C@@H](C)C(=O)N[C@H](C(=O)N[C@@H](C)C(N)=O)C(C)C)C(C)C.